The summed E-state index contributed by atoms with van der Waals surface area (Å²) >= 11 is 0. The van der Waals surface area contributed by atoms with E-state index in [9.17, 15) is 0 Å². The van der Waals surface area contributed by atoms with Gasteiger partial charge in [-0.05, 0) is 31.7 Å². The lowest BCUT2D eigenvalue weighted by Gasteiger charge is -2.46. The van der Waals surface area contributed by atoms with Crippen molar-refractivity contribution in [3.8, 4) is 0 Å². The van der Waals surface area contributed by atoms with Gasteiger partial charge in [0.05, 0.1) is 18.3 Å². The number of hydrogen-bond acceptors (Lipinski definition) is 3. The van der Waals surface area contributed by atoms with Gasteiger partial charge in [0, 0.05) is 13.2 Å². The molecule has 2 saturated carbocycles. The third-order valence-electron chi connectivity index (χ3n) is 4.67. The van der Waals surface area contributed by atoms with Crippen LogP contribution in [0.4, 0.5) is 0 Å². The van der Waals surface area contributed by atoms with Gasteiger partial charge in [-0.2, -0.15) is 0 Å². The molecule has 0 saturated heterocycles. The molecule has 0 aromatic rings. The normalized spacial score (nSPS) is 40.5. The van der Waals surface area contributed by atoms with Gasteiger partial charge in [0.15, 0.2) is 0 Å². The molecule has 0 amide bonds. The van der Waals surface area contributed by atoms with Crippen LogP contribution in [0.2, 0.25) is 0 Å². The number of ether oxygens (including phenoxy) is 2. The molecule has 2 aliphatic carbocycles. The number of methoxy groups -OCH3 is 1. The van der Waals surface area contributed by atoms with E-state index >= 15 is 0 Å². The molecule has 5 unspecified atom stereocenters. The third kappa shape index (κ3) is 3.25. The molecule has 2 rings (SSSR count). The van der Waals surface area contributed by atoms with Crippen molar-refractivity contribution < 1.29 is 9.47 Å². The first-order valence-corrected chi connectivity index (χ1v) is 7.70. The Labute approximate surface area is 112 Å². The highest BCUT2D eigenvalue weighted by atomic mass is 16.5. The zero-order chi connectivity index (χ0) is 13.0. The molecule has 0 radical (unpaired) electrons. The maximum atomic E-state index is 6.27. The maximum absolute atomic E-state index is 6.27. The Bertz CT molecular complexity index is 247. The Hall–Kier alpha value is -0.120. The molecule has 0 aliphatic heterocycles. The largest absolute Gasteiger partial charge is 0.377 e. The van der Waals surface area contributed by atoms with Crippen molar-refractivity contribution in [2.75, 3.05) is 13.7 Å². The quantitative estimate of drug-likeness (QED) is 0.791. The highest BCUT2D eigenvalue weighted by Crippen LogP contribution is 2.34. The van der Waals surface area contributed by atoms with E-state index < -0.39 is 0 Å². The molecule has 0 heterocycles. The molecular weight excluding hydrogens is 226 g/mol. The molecule has 5 atom stereocenters. The molecule has 0 bridgehead atoms. The van der Waals surface area contributed by atoms with Crippen LogP contribution in [0.15, 0.2) is 0 Å². The van der Waals surface area contributed by atoms with Crippen molar-refractivity contribution in [1.29, 1.82) is 0 Å². The van der Waals surface area contributed by atoms with E-state index in [0.717, 1.165) is 18.9 Å². The van der Waals surface area contributed by atoms with Crippen LogP contribution in [0.5, 0.6) is 0 Å². The molecule has 3 heteroatoms. The van der Waals surface area contributed by atoms with E-state index in [-0.39, 0.29) is 6.10 Å². The molecule has 2 aliphatic rings. The topological polar surface area (TPSA) is 30.5 Å². The van der Waals surface area contributed by atoms with Crippen LogP contribution in [0.1, 0.15) is 52.4 Å². The van der Waals surface area contributed by atoms with E-state index in [1.54, 1.807) is 7.11 Å². The first-order valence-electron chi connectivity index (χ1n) is 7.70. The molecule has 0 aromatic carbocycles. The number of rotatable bonds is 6. The zero-order valence-electron chi connectivity index (χ0n) is 12.2. The highest BCUT2D eigenvalue weighted by Gasteiger charge is 2.43. The number of nitrogens with one attached hydrogen (secondary N) is 1. The van der Waals surface area contributed by atoms with E-state index in [4.69, 9.17) is 9.47 Å². The summed E-state index contributed by atoms with van der Waals surface area (Å²) < 4.78 is 11.8. The number of hydrogen-bond donors (Lipinski definition) is 1. The maximum Gasteiger partial charge on any atom is 0.0987 e. The summed E-state index contributed by atoms with van der Waals surface area (Å²) in [5, 5.41) is 3.47. The summed E-state index contributed by atoms with van der Waals surface area (Å²) in [5.74, 6) is 0.884. The fraction of sp³-hybridized carbons (Fsp3) is 1.00. The van der Waals surface area contributed by atoms with Crippen LogP contribution < -0.4 is 5.32 Å². The summed E-state index contributed by atoms with van der Waals surface area (Å²) in [6.45, 7) is 5.46. The molecule has 0 aromatic heterocycles. The van der Waals surface area contributed by atoms with Gasteiger partial charge < -0.3 is 14.8 Å². The molecule has 2 fully saturated rings. The Morgan fingerprint density at radius 1 is 1.17 bits per heavy atom. The monoisotopic (exact) mass is 255 g/mol. The average molecular weight is 255 g/mol. The van der Waals surface area contributed by atoms with Crippen molar-refractivity contribution in [3.05, 3.63) is 0 Å². The lowest BCUT2D eigenvalue weighted by molar-refractivity contribution is -0.165. The van der Waals surface area contributed by atoms with Crippen LogP contribution in [0, 0.1) is 5.92 Å². The third-order valence-corrected chi connectivity index (χ3v) is 4.67. The minimum atomic E-state index is 0.256. The standard InChI is InChI=1S/C15H29NO2/c1-4-11-7-6-8-12(9-11)18-14-10-13(16-5-2)15(14)17-3/h11-16H,4-10H2,1-3H3. The van der Waals surface area contributed by atoms with Gasteiger partial charge in [0.25, 0.3) is 0 Å². The van der Waals surface area contributed by atoms with E-state index in [1.807, 2.05) is 0 Å². The van der Waals surface area contributed by atoms with E-state index in [2.05, 4.69) is 19.2 Å². The van der Waals surface area contributed by atoms with Crippen molar-refractivity contribution >= 4 is 0 Å². The van der Waals surface area contributed by atoms with Crippen LogP contribution in [0.25, 0.3) is 0 Å². The second-order valence-electron chi connectivity index (χ2n) is 5.84. The Morgan fingerprint density at radius 2 is 2.00 bits per heavy atom. The molecule has 0 spiro atoms. The summed E-state index contributed by atoms with van der Waals surface area (Å²) in [5.41, 5.74) is 0. The summed E-state index contributed by atoms with van der Waals surface area (Å²) in [6.07, 6.45) is 8.71. The summed E-state index contributed by atoms with van der Waals surface area (Å²) in [4.78, 5) is 0. The van der Waals surface area contributed by atoms with Gasteiger partial charge in [0.1, 0.15) is 0 Å². The highest BCUT2D eigenvalue weighted by molar-refractivity contribution is 4.97. The Morgan fingerprint density at radius 3 is 2.67 bits per heavy atom. The van der Waals surface area contributed by atoms with Gasteiger partial charge in [-0.15, -0.1) is 0 Å². The van der Waals surface area contributed by atoms with Crippen LogP contribution in [0.3, 0.4) is 0 Å². The second kappa shape index (κ2) is 6.88. The minimum Gasteiger partial charge on any atom is -0.377 e. The predicted octanol–water partition coefficient (Wildman–Crippen LogP) is 2.74. The van der Waals surface area contributed by atoms with Gasteiger partial charge in [-0.25, -0.2) is 0 Å². The van der Waals surface area contributed by atoms with Crippen LogP contribution in [-0.4, -0.2) is 38.0 Å². The average Bonchev–Trinajstić information content (AvgIpc) is 2.38. The van der Waals surface area contributed by atoms with Gasteiger partial charge >= 0.3 is 0 Å². The first-order chi connectivity index (χ1) is 8.78. The van der Waals surface area contributed by atoms with Crippen LogP contribution >= 0.6 is 0 Å². The SMILES string of the molecule is CCNC1CC(OC2CCCC(CC)C2)C1OC. The minimum absolute atomic E-state index is 0.256. The van der Waals surface area contributed by atoms with E-state index in [0.29, 0.717) is 18.2 Å². The summed E-state index contributed by atoms with van der Waals surface area (Å²) in [6, 6.07) is 0.496. The van der Waals surface area contributed by atoms with Crippen molar-refractivity contribution in [2.45, 2.75) is 76.7 Å². The van der Waals surface area contributed by atoms with E-state index in [1.165, 1.54) is 32.1 Å². The predicted molar refractivity (Wildman–Crippen MR) is 73.8 cm³/mol. The molecule has 3 nitrogen and oxygen atoms in total. The number of likely N-dealkylation sites (N-methyl/N-ethyl adjacent to an activating group) is 1. The lowest BCUT2D eigenvalue weighted by Crippen LogP contribution is -2.60. The van der Waals surface area contributed by atoms with Crippen molar-refractivity contribution in [3.63, 3.8) is 0 Å². The zero-order valence-corrected chi connectivity index (χ0v) is 12.2. The smallest absolute Gasteiger partial charge is 0.0987 e. The molecule has 1 N–H and O–H groups in total. The van der Waals surface area contributed by atoms with Crippen molar-refractivity contribution in [1.82, 2.24) is 5.32 Å². The fourth-order valence-electron chi connectivity index (χ4n) is 3.48. The Balaban J connectivity index is 1.76. The Kier molecular flexibility index (Phi) is 5.46. The molecule has 106 valence electrons. The second-order valence-corrected chi connectivity index (χ2v) is 5.84. The van der Waals surface area contributed by atoms with Crippen molar-refractivity contribution in [2.24, 2.45) is 5.92 Å². The van der Waals surface area contributed by atoms with Crippen LogP contribution in [-0.2, 0) is 9.47 Å². The van der Waals surface area contributed by atoms with Gasteiger partial charge in [-0.3, -0.25) is 0 Å². The van der Waals surface area contributed by atoms with Gasteiger partial charge in [0.2, 0.25) is 0 Å². The molecular formula is C15H29NO2. The molecule has 18 heavy (non-hydrogen) atoms. The lowest BCUT2D eigenvalue weighted by atomic mass is 9.82. The fourth-order valence-corrected chi connectivity index (χ4v) is 3.48. The van der Waals surface area contributed by atoms with Gasteiger partial charge in [-0.1, -0.05) is 33.1 Å². The summed E-state index contributed by atoms with van der Waals surface area (Å²) in [7, 11) is 1.81. The first kappa shape index (κ1) is 14.3.